The highest BCUT2D eigenvalue weighted by atomic mass is 15.0. The smallest absolute Gasteiger partial charge is 0.0294 e. The summed E-state index contributed by atoms with van der Waals surface area (Å²) in [5, 5.41) is 3.59. The predicted molar refractivity (Wildman–Crippen MR) is 55.8 cm³/mol. The first-order valence-corrected chi connectivity index (χ1v) is 5.08. The van der Waals surface area contributed by atoms with Crippen LogP contribution in [0.5, 0.6) is 0 Å². The first kappa shape index (κ1) is 8.76. The normalized spacial score (nSPS) is 18.6. The fraction of sp³-hybridized carbons (Fsp3) is 0.500. The van der Waals surface area contributed by atoms with E-state index in [4.69, 9.17) is 0 Å². The zero-order valence-electron chi connectivity index (χ0n) is 8.38. The van der Waals surface area contributed by atoms with Gasteiger partial charge in [-0.05, 0) is 32.3 Å². The number of rotatable bonds is 3. The summed E-state index contributed by atoms with van der Waals surface area (Å²) in [6.45, 7) is 4.37. The molecule has 0 amide bonds. The second-order valence-electron chi connectivity index (χ2n) is 4.07. The minimum Gasteiger partial charge on any atom is -0.307 e. The first-order valence-electron chi connectivity index (χ1n) is 5.08. The third-order valence-corrected chi connectivity index (χ3v) is 2.64. The quantitative estimate of drug-likeness (QED) is 0.745. The van der Waals surface area contributed by atoms with Gasteiger partial charge in [-0.2, -0.15) is 0 Å². The number of hydrogen-bond acceptors (Lipinski definition) is 1. The zero-order valence-corrected chi connectivity index (χ0v) is 8.38. The van der Waals surface area contributed by atoms with Crippen molar-refractivity contribution < 1.29 is 0 Å². The van der Waals surface area contributed by atoms with Crippen LogP contribution >= 0.6 is 0 Å². The molecule has 1 atom stereocenters. The van der Waals surface area contributed by atoms with E-state index in [1.54, 1.807) is 0 Å². The van der Waals surface area contributed by atoms with Crippen LogP contribution in [0.15, 0.2) is 24.3 Å². The molecule has 2 rings (SSSR count). The van der Waals surface area contributed by atoms with Gasteiger partial charge < -0.3 is 5.32 Å². The second-order valence-corrected chi connectivity index (χ2v) is 4.07. The van der Waals surface area contributed by atoms with Crippen LogP contribution in [0.3, 0.4) is 0 Å². The lowest BCUT2D eigenvalue weighted by Gasteiger charge is -2.13. The molecule has 0 unspecified atom stereocenters. The van der Waals surface area contributed by atoms with Gasteiger partial charge in [0, 0.05) is 12.1 Å². The van der Waals surface area contributed by atoms with Crippen molar-refractivity contribution in [3.05, 3.63) is 35.4 Å². The van der Waals surface area contributed by atoms with Crippen LogP contribution in [0.4, 0.5) is 0 Å². The Morgan fingerprint density at radius 1 is 1.23 bits per heavy atom. The summed E-state index contributed by atoms with van der Waals surface area (Å²) in [4.78, 5) is 0. The van der Waals surface area contributed by atoms with E-state index in [9.17, 15) is 0 Å². The van der Waals surface area contributed by atoms with Crippen LogP contribution < -0.4 is 5.32 Å². The molecule has 1 nitrogen and oxygen atoms in total. The molecule has 0 heterocycles. The molecule has 0 aliphatic heterocycles. The molecule has 0 aromatic heterocycles. The van der Waals surface area contributed by atoms with Crippen LogP contribution in [0, 0.1) is 6.92 Å². The van der Waals surface area contributed by atoms with E-state index in [0.717, 1.165) is 6.04 Å². The number of hydrogen-bond donors (Lipinski definition) is 1. The summed E-state index contributed by atoms with van der Waals surface area (Å²) >= 11 is 0. The molecule has 0 spiro atoms. The van der Waals surface area contributed by atoms with Crippen molar-refractivity contribution in [2.24, 2.45) is 0 Å². The Morgan fingerprint density at radius 3 is 2.38 bits per heavy atom. The standard InChI is InChI=1S/C12H17N/c1-9-3-5-11(6-4-9)10(2)13-12-7-8-12/h3-6,10,12-13H,7-8H2,1-2H3/t10-/m1/s1. The molecule has 1 aromatic carbocycles. The molecule has 70 valence electrons. The van der Waals surface area contributed by atoms with E-state index in [-0.39, 0.29) is 0 Å². The number of benzene rings is 1. The highest BCUT2D eigenvalue weighted by Crippen LogP contribution is 2.23. The van der Waals surface area contributed by atoms with Crippen molar-refractivity contribution in [3.8, 4) is 0 Å². The van der Waals surface area contributed by atoms with Gasteiger partial charge in [0.05, 0.1) is 0 Å². The molecular formula is C12H17N. The lowest BCUT2D eigenvalue weighted by Crippen LogP contribution is -2.20. The van der Waals surface area contributed by atoms with Gasteiger partial charge >= 0.3 is 0 Å². The molecule has 1 aliphatic carbocycles. The lowest BCUT2D eigenvalue weighted by molar-refractivity contribution is 0.571. The van der Waals surface area contributed by atoms with Crippen LogP contribution in [-0.4, -0.2) is 6.04 Å². The molecule has 1 fully saturated rings. The zero-order chi connectivity index (χ0) is 9.26. The van der Waals surface area contributed by atoms with Gasteiger partial charge in [0.2, 0.25) is 0 Å². The molecule has 0 saturated heterocycles. The van der Waals surface area contributed by atoms with Crippen molar-refractivity contribution in [3.63, 3.8) is 0 Å². The average Bonchev–Trinajstić information content (AvgIpc) is 2.89. The van der Waals surface area contributed by atoms with Gasteiger partial charge in [-0.15, -0.1) is 0 Å². The topological polar surface area (TPSA) is 12.0 Å². The minimum atomic E-state index is 0.507. The fourth-order valence-electron chi connectivity index (χ4n) is 1.55. The maximum atomic E-state index is 3.59. The van der Waals surface area contributed by atoms with Gasteiger partial charge in [-0.1, -0.05) is 29.8 Å². The van der Waals surface area contributed by atoms with Crippen LogP contribution in [0.1, 0.15) is 36.9 Å². The summed E-state index contributed by atoms with van der Waals surface area (Å²) in [5.74, 6) is 0. The second kappa shape index (κ2) is 3.51. The van der Waals surface area contributed by atoms with Crippen molar-refractivity contribution in [2.45, 2.75) is 38.8 Å². The van der Waals surface area contributed by atoms with E-state index in [2.05, 4.69) is 43.4 Å². The molecule has 0 radical (unpaired) electrons. The Balaban J connectivity index is 2.01. The minimum absolute atomic E-state index is 0.507. The van der Waals surface area contributed by atoms with Gasteiger partial charge in [0.1, 0.15) is 0 Å². The van der Waals surface area contributed by atoms with Crippen LogP contribution in [-0.2, 0) is 0 Å². The third-order valence-electron chi connectivity index (χ3n) is 2.64. The molecule has 1 heteroatoms. The van der Waals surface area contributed by atoms with Crippen molar-refractivity contribution in [1.82, 2.24) is 5.32 Å². The first-order chi connectivity index (χ1) is 6.25. The number of nitrogens with one attached hydrogen (secondary N) is 1. The van der Waals surface area contributed by atoms with Gasteiger partial charge in [-0.25, -0.2) is 0 Å². The lowest BCUT2D eigenvalue weighted by atomic mass is 10.1. The SMILES string of the molecule is Cc1ccc([C@@H](C)NC2CC2)cc1. The molecule has 1 aromatic rings. The highest BCUT2D eigenvalue weighted by molar-refractivity contribution is 5.23. The summed E-state index contributed by atoms with van der Waals surface area (Å²) in [5.41, 5.74) is 2.74. The Hall–Kier alpha value is -0.820. The van der Waals surface area contributed by atoms with E-state index >= 15 is 0 Å². The van der Waals surface area contributed by atoms with Gasteiger partial charge in [-0.3, -0.25) is 0 Å². The number of aryl methyl sites for hydroxylation is 1. The largest absolute Gasteiger partial charge is 0.307 e. The predicted octanol–water partition coefficient (Wildman–Crippen LogP) is 2.81. The van der Waals surface area contributed by atoms with E-state index < -0.39 is 0 Å². The third kappa shape index (κ3) is 2.31. The highest BCUT2D eigenvalue weighted by Gasteiger charge is 2.22. The summed E-state index contributed by atoms with van der Waals surface area (Å²) in [6, 6.07) is 10.1. The summed E-state index contributed by atoms with van der Waals surface area (Å²) in [6.07, 6.45) is 2.71. The van der Waals surface area contributed by atoms with Crippen LogP contribution in [0.2, 0.25) is 0 Å². The molecule has 13 heavy (non-hydrogen) atoms. The maximum Gasteiger partial charge on any atom is 0.0294 e. The maximum absolute atomic E-state index is 3.59. The average molecular weight is 175 g/mol. The Kier molecular flexibility index (Phi) is 2.36. The summed E-state index contributed by atoms with van der Waals surface area (Å²) in [7, 11) is 0. The van der Waals surface area contributed by atoms with Crippen molar-refractivity contribution in [1.29, 1.82) is 0 Å². The van der Waals surface area contributed by atoms with Crippen molar-refractivity contribution >= 4 is 0 Å². The van der Waals surface area contributed by atoms with Crippen LogP contribution in [0.25, 0.3) is 0 Å². The monoisotopic (exact) mass is 175 g/mol. The molecular weight excluding hydrogens is 158 g/mol. The summed E-state index contributed by atoms with van der Waals surface area (Å²) < 4.78 is 0. The van der Waals surface area contributed by atoms with E-state index in [1.165, 1.54) is 24.0 Å². The molecule has 1 saturated carbocycles. The Morgan fingerprint density at radius 2 is 1.85 bits per heavy atom. The molecule has 1 aliphatic rings. The molecule has 0 bridgehead atoms. The fourth-order valence-corrected chi connectivity index (χ4v) is 1.55. The van der Waals surface area contributed by atoms with E-state index in [0.29, 0.717) is 6.04 Å². The Labute approximate surface area is 80.2 Å². The van der Waals surface area contributed by atoms with Gasteiger partial charge in [0.25, 0.3) is 0 Å². The van der Waals surface area contributed by atoms with E-state index in [1.807, 2.05) is 0 Å². The van der Waals surface area contributed by atoms with Crippen molar-refractivity contribution in [2.75, 3.05) is 0 Å². The Bertz CT molecular complexity index is 272. The van der Waals surface area contributed by atoms with Gasteiger partial charge in [0.15, 0.2) is 0 Å². The molecule has 1 N–H and O–H groups in total.